The lowest BCUT2D eigenvalue weighted by atomic mass is 9.82. The van der Waals surface area contributed by atoms with Crippen LogP contribution in [0.25, 0.3) is 0 Å². The molecule has 2 bridgehead atoms. The van der Waals surface area contributed by atoms with Crippen molar-refractivity contribution in [3.63, 3.8) is 0 Å². The van der Waals surface area contributed by atoms with Gasteiger partial charge in [-0.3, -0.25) is 0 Å². The van der Waals surface area contributed by atoms with Gasteiger partial charge in [-0.05, 0) is 49.6 Å². The first-order valence-corrected chi connectivity index (χ1v) is 4.76. The van der Waals surface area contributed by atoms with Crippen LogP contribution in [-0.2, 0) is 0 Å². The highest BCUT2D eigenvalue weighted by atomic mass is 16.3. The first kappa shape index (κ1) is 6.44. The highest BCUT2D eigenvalue weighted by molar-refractivity contribution is 5.06. The van der Waals surface area contributed by atoms with Gasteiger partial charge < -0.3 is 10.4 Å². The van der Waals surface area contributed by atoms with Crippen LogP contribution < -0.4 is 5.32 Å². The van der Waals surface area contributed by atoms with Crippen LogP contribution in [-0.4, -0.2) is 24.3 Å². The molecule has 2 saturated carbocycles. The molecule has 1 saturated heterocycles. The van der Waals surface area contributed by atoms with Gasteiger partial charge in [0.15, 0.2) is 0 Å². The summed E-state index contributed by atoms with van der Waals surface area (Å²) >= 11 is 0. The monoisotopic (exact) mass is 153 g/mol. The molecule has 3 fully saturated rings. The number of aliphatic hydroxyl groups excluding tert-OH is 1. The molecule has 1 heterocycles. The van der Waals surface area contributed by atoms with E-state index in [4.69, 9.17) is 0 Å². The molecule has 0 aromatic heterocycles. The molecule has 2 heteroatoms. The molecule has 2 N–H and O–H groups in total. The largest absolute Gasteiger partial charge is 0.393 e. The predicted molar refractivity (Wildman–Crippen MR) is 42.1 cm³/mol. The van der Waals surface area contributed by atoms with Crippen molar-refractivity contribution in [1.82, 2.24) is 5.32 Å². The summed E-state index contributed by atoms with van der Waals surface area (Å²) in [7, 11) is 0. The second-order valence-electron chi connectivity index (χ2n) is 4.38. The highest BCUT2D eigenvalue weighted by Gasteiger charge is 2.55. The maximum atomic E-state index is 9.81. The van der Waals surface area contributed by atoms with Crippen LogP contribution in [0.3, 0.4) is 0 Å². The van der Waals surface area contributed by atoms with E-state index >= 15 is 0 Å². The van der Waals surface area contributed by atoms with Crippen molar-refractivity contribution in [3.8, 4) is 0 Å². The van der Waals surface area contributed by atoms with Gasteiger partial charge in [0.1, 0.15) is 0 Å². The minimum absolute atomic E-state index is 0.0621. The smallest absolute Gasteiger partial charge is 0.0603 e. The number of hydrogen-bond acceptors (Lipinski definition) is 2. The third kappa shape index (κ3) is 0.651. The van der Waals surface area contributed by atoms with Gasteiger partial charge in [-0.2, -0.15) is 0 Å². The third-order valence-electron chi connectivity index (χ3n) is 4.12. The van der Waals surface area contributed by atoms with Gasteiger partial charge in [-0.1, -0.05) is 0 Å². The molecule has 0 radical (unpaired) electrons. The zero-order valence-electron chi connectivity index (χ0n) is 6.66. The number of nitrogens with one attached hydrogen (secondary N) is 1. The minimum atomic E-state index is 0.0621. The molecule has 11 heavy (non-hydrogen) atoms. The summed E-state index contributed by atoms with van der Waals surface area (Å²) in [6.07, 6.45) is 2.63. The summed E-state index contributed by atoms with van der Waals surface area (Å²) in [5.41, 5.74) is 0. The molecule has 2 aliphatic carbocycles. The second kappa shape index (κ2) is 1.99. The summed E-state index contributed by atoms with van der Waals surface area (Å²) in [5, 5.41) is 13.2. The molecule has 0 aromatic rings. The van der Waals surface area contributed by atoms with Crippen LogP contribution in [0.4, 0.5) is 0 Å². The van der Waals surface area contributed by atoms with Crippen LogP contribution in [0.15, 0.2) is 0 Å². The highest BCUT2D eigenvalue weighted by Crippen LogP contribution is 2.53. The number of fused-ring (bicyclic) bond motifs is 5. The van der Waals surface area contributed by atoms with E-state index < -0.39 is 0 Å². The van der Waals surface area contributed by atoms with Crippen LogP contribution in [0, 0.1) is 23.7 Å². The van der Waals surface area contributed by atoms with E-state index in [-0.39, 0.29) is 6.10 Å². The zero-order chi connectivity index (χ0) is 7.42. The molecule has 0 aromatic carbocycles. The molecule has 2 nitrogen and oxygen atoms in total. The molecule has 1 unspecified atom stereocenters. The molecular weight excluding hydrogens is 138 g/mol. The molecule has 1 aliphatic heterocycles. The molecule has 5 atom stereocenters. The molecule has 3 rings (SSSR count). The lowest BCUT2D eigenvalue weighted by Crippen LogP contribution is -2.21. The lowest BCUT2D eigenvalue weighted by Gasteiger charge is -2.21. The molecule has 3 aliphatic rings. The second-order valence-corrected chi connectivity index (χ2v) is 4.38. The van der Waals surface area contributed by atoms with Crippen molar-refractivity contribution >= 4 is 0 Å². The summed E-state index contributed by atoms with van der Waals surface area (Å²) in [6, 6.07) is 0. The van der Waals surface area contributed by atoms with Crippen molar-refractivity contribution in [2.75, 3.05) is 13.1 Å². The normalized spacial score (nSPS) is 60.3. The maximum Gasteiger partial charge on any atom is 0.0603 e. The van der Waals surface area contributed by atoms with E-state index in [1.165, 1.54) is 25.9 Å². The molecular formula is C9H15NO. The van der Waals surface area contributed by atoms with Gasteiger partial charge in [-0.15, -0.1) is 0 Å². The van der Waals surface area contributed by atoms with Gasteiger partial charge >= 0.3 is 0 Å². The van der Waals surface area contributed by atoms with Crippen molar-refractivity contribution in [2.45, 2.75) is 18.9 Å². The summed E-state index contributed by atoms with van der Waals surface area (Å²) < 4.78 is 0. The maximum absolute atomic E-state index is 9.81. The fourth-order valence-electron chi connectivity index (χ4n) is 3.64. The minimum Gasteiger partial charge on any atom is -0.393 e. The van der Waals surface area contributed by atoms with E-state index in [0.717, 1.165) is 11.8 Å². The number of aliphatic hydroxyl groups is 1. The van der Waals surface area contributed by atoms with Crippen molar-refractivity contribution < 1.29 is 5.11 Å². The Hall–Kier alpha value is -0.0800. The van der Waals surface area contributed by atoms with Gasteiger partial charge in [0.05, 0.1) is 6.10 Å². The van der Waals surface area contributed by atoms with E-state index in [1.54, 1.807) is 0 Å². The lowest BCUT2D eigenvalue weighted by molar-refractivity contribution is 0.115. The number of hydrogen-bond donors (Lipinski definition) is 2. The fourth-order valence-corrected chi connectivity index (χ4v) is 3.64. The SMILES string of the molecule is OC1[C@H]2CC[C@@H]1[C@H]1CNC[C@H]12. The van der Waals surface area contributed by atoms with Crippen LogP contribution in [0.5, 0.6) is 0 Å². The Bertz CT molecular complexity index is 155. The van der Waals surface area contributed by atoms with Crippen LogP contribution in [0.1, 0.15) is 12.8 Å². The van der Waals surface area contributed by atoms with Crippen LogP contribution >= 0.6 is 0 Å². The van der Waals surface area contributed by atoms with E-state index in [2.05, 4.69) is 5.32 Å². The molecule has 0 spiro atoms. The Kier molecular flexibility index (Phi) is 1.16. The topological polar surface area (TPSA) is 32.3 Å². The predicted octanol–water partition coefficient (Wildman–Crippen LogP) is 0.223. The van der Waals surface area contributed by atoms with E-state index in [0.29, 0.717) is 11.8 Å². The van der Waals surface area contributed by atoms with E-state index in [1.807, 2.05) is 0 Å². The van der Waals surface area contributed by atoms with Gasteiger partial charge in [0.2, 0.25) is 0 Å². The van der Waals surface area contributed by atoms with Gasteiger partial charge in [-0.25, -0.2) is 0 Å². The Morgan fingerprint density at radius 2 is 1.45 bits per heavy atom. The number of rotatable bonds is 0. The molecule has 0 amide bonds. The average Bonchev–Trinajstić information content (AvgIpc) is 2.61. The van der Waals surface area contributed by atoms with Crippen molar-refractivity contribution in [3.05, 3.63) is 0 Å². The first-order valence-electron chi connectivity index (χ1n) is 4.76. The first-order chi connectivity index (χ1) is 5.38. The van der Waals surface area contributed by atoms with Crippen LogP contribution in [0.2, 0.25) is 0 Å². The summed E-state index contributed by atoms with van der Waals surface area (Å²) in [6.45, 7) is 2.34. The van der Waals surface area contributed by atoms with Gasteiger partial charge in [0, 0.05) is 0 Å². The van der Waals surface area contributed by atoms with E-state index in [9.17, 15) is 5.11 Å². The van der Waals surface area contributed by atoms with Crippen molar-refractivity contribution in [1.29, 1.82) is 0 Å². The average molecular weight is 153 g/mol. The third-order valence-corrected chi connectivity index (χ3v) is 4.12. The fraction of sp³-hybridized carbons (Fsp3) is 1.00. The van der Waals surface area contributed by atoms with Crippen molar-refractivity contribution in [2.24, 2.45) is 23.7 Å². The Morgan fingerprint density at radius 3 is 2.00 bits per heavy atom. The summed E-state index contributed by atoms with van der Waals surface area (Å²) in [5.74, 6) is 2.95. The Labute approximate surface area is 67.0 Å². The van der Waals surface area contributed by atoms with Gasteiger partial charge in [0.25, 0.3) is 0 Å². The Morgan fingerprint density at radius 1 is 0.909 bits per heavy atom. The summed E-state index contributed by atoms with van der Waals surface area (Å²) in [4.78, 5) is 0. The zero-order valence-corrected chi connectivity index (χ0v) is 6.66. The molecule has 62 valence electrons. The standard InChI is InChI=1S/C9H15NO/c11-9-5-1-2-6(9)8-4-10-3-7(5)8/h5-11H,1-4H2/t5-,6+,7-,8+,9?. The quantitative estimate of drug-likeness (QED) is 0.522. The Balaban J connectivity index is 1.94.